The average molecular weight is 388 g/mol. The maximum absolute atomic E-state index is 5.98. The number of thiophene rings is 1. The fourth-order valence-corrected chi connectivity index (χ4v) is 4.07. The lowest BCUT2D eigenvalue weighted by Gasteiger charge is -2.22. The van der Waals surface area contributed by atoms with Gasteiger partial charge in [0.2, 0.25) is 0 Å². The summed E-state index contributed by atoms with van der Waals surface area (Å²) in [4.78, 5) is 3.65. The van der Waals surface area contributed by atoms with Gasteiger partial charge in [-0.15, -0.1) is 11.3 Å². The summed E-state index contributed by atoms with van der Waals surface area (Å²) in [6.07, 6.45) is 1.06. The molecule has 0 bridgehead atoms. The number of nitrogens with zero attached hydrogens (tertiary/aromatic N) is 1. The maximum atomic E-state index is 5.98. The summed E-state index contributed by atoms with van der Waals surface area (Å²) in [6, 6.07) is 12.8. The predicted octanol–water partition coefficient (Wildman–Crippen LogP) is 4.95. The van der Waals surface area contributed by atoms with E-state index in [4.69, 9.17) is 11.6 Å². The summed E-state index contributed by atoms with van der Waals surface area (Å²) in [5.41, 5.74) is 1.31. The van der Waals surface area contributed by atoms with Crippen molar-refractivity contribution in [2.45, 2.75) is 19.0 Å². The molecule has 0 aliphatic carbocycles. The van der Waals surface area contributed by atoms with E-state index in [2.05, 4.69) is 57.5 Å². The van der Waals surface area contributed by atoms with Crippen LogP contribution in [-0.4, -0.2) is 25.5 Å². The Bertz CT molecular complexity index is 573. The fraction of sp³-hybridized carbons (Fsp3) is 0.375. The monoisotopic (exact) mass is 386 g/mol. The van der Waals surface area contributed by atoms with Crippen molar-refractivity contribution in [2.24, 2.45) is 0 Å². The van der Waals surface area contributed by atoms with Crippen molar-refractivity contribution >= 4 is 38.9 Å². The first-order valence-electron chi connectivity index (χ1n) is 6.94. The fourth-order valence-electron chi connectivity index (χ4n) is 2.34. The minimum absolute atomic E-state index is 0.356. The van der Waals surface area contributed by atoms with Gasteiger partial charge in [-0.2, -0.15) is 0 Å². The molecule has 2 aromatic rings. The Morgan fingerprint density at radius 3 is 2.67 bits per heavy atom. The number of rotatable bonds is 7. The van der Waals surface area contributed by atoms with Gasteiger partial charge in [0, 0.05) is 28.5 Å². The highest BCUT2D eigenvalue weighted by molar-refractivity contribution is 9.10. The third kappa shape index (κ3) is 5.08. The molecular formula is C16H20BrClN2S. The molecular weight excluding hydrogens is 368 g/mol. The molecule has 0 aliphatic rings. The second-order valence-electron chi connectivity index (χ2n) is 5.10. The van der Waals surface area contributed by atoms with Crippen LogP contribution in [0.3, 0.4) is 0 Å². The van der Waals surface area contributed by atoms with E-state index in [0.717, 1.165) is 28.3 Å². The van der Waals surface area contributed by atoms with E-state index in [1.165, 1.54) is 10.4 Å². The zero-order chi connectivity index (χ0) is 15.2. The van der Waals surface area contributed by atoms with Gasteiger partial charge < -0.3 is 10.2 Å². The maximum Gasteiger partial charge on any atom is 0.0931 e. The quantitative estimate of drug-likeness (QED) is 0.723. The Balaban J connectivity index is 1.89. The smallest absolute Gasteiger partial charge is 0.0931 e. The Hall–Kier alpha value is -0.390. The molecule has 21 heavy (non-hydrogen) atoms. The molecule has 1 aromatic heterocycles. The largest absolute Gasteiger partial charge is 0.313 e. The van der Waals surface area contributed by atoms with Gasteiger partial charge in [-0.1, -0.05) is 45.7 Å². The van der Waals surface area contributed by atoms with Crippen LogP contribution in [0.5, 0.6) is 0 Å². The molecule has 1 heterocycles. The number of benzene rings is 1. The van der Waals surface area contributed by atoms with E-state index in [9.17, 15) is 0 Å². The van der Waals surface area contributed by atoms with Crippen molar-refractivity contribution in [2.75, 3.05) is 20.6 Å². The zero-order valence-corrected chi connectivity index (χ0v) is 15.4. The van der Waals surface area contributed by atoms with Gasteiger partial charge in [0.25, 0.3) is 0 Å². The van der Waals surface area contributed by atoms with Crippen LogP contribution in [0.4, 0.5) is 0 Å². The summed E-state index contributed by atoms with van der Waals surface area (Å²) in [7, 11) is 4.17. The number of hydrogen-bond donors (Lipinski definition) is 1. The topological polar surface area (TPSA) is 15.3 Å². The SMILES string of the molecule is CNC(CCN(C)Cc1ccc(Cl)s1)c1ccccc1Br. The van der Waals surface area contributed by atoms with Crippen LogP contribution in [-0.2, 0) is 6.54 Å². The summed E-state index contributed by atoms with van der Waals surface area (Å²) in [5.74, 6) is 0. The van der Waals surface area contributed by atoms with Crippen LogP contribution in [0.2, 0.25) is 4.34 Å². The standard InChI is InChI=1S/C16H20BrClN2S/c1-19-15(13-5-3-4-6-14(13)17)9-10-20(2)11-12-7-8-16(18)21-12/h3-8,15,19H,9-11H2,1-2H3. The molecule has 0 radical (unpaired) electrons. The minimum Gasteiger partial charge on any atom is -0.313 e. The molecule has 1 unspecified atom stereocenters. The molecule has 0 saturated heterocycles. The van der Waals surface area contributed by atoms with E-state index in [0.29, 0.717) is 6.04 Å². The first kappa shape index (κ1) is 17.0. The van der Waals surface area contributed by atoms with Crippen molar-refractivity contribution in [1.82, 2.24) is 10.2 Å². The Morgan fingerprint density at radius 2 is 2.05 bits per heavy atom. The molecule has 0 spiro atoms. The Morgan fingerprint density at radius 1 is 1.29 bits per heavy atom. The van der Waals surface area contributed by atoms with Gasteiger partial charge in [0.05, 0.1) is 4.34 Å². The third-order valence-electron chi connectivity index (χ3n) is 3.48. The highest BCUT2D eigenvalue weighted by atomic mass is 79.9. The summed E-state index contributed by atoms with van der Waals surface area (Å²) < 4.78 is 2.02. The lowest BCUT2D eigenvalue weighted by molar-refractivity contribution is 0.306. The molecule has 2 rings (SSSR count). The van der Waals surface area contributed by atoms with E-state index >= 15 is 0 Å². The number of nitrogens with one attached hydrogen (secondary N) is 1. The van der Waals surface area contributed by atoms with E-state index in [1.54, 1.807) is 11.3 Å². The van der Waals surface area contributed by atoms with Crippen LogP contribution >= 0.6 is 38.9 Å². The van der Waals surface area contributed by atoms with E-state index in [-0.39, 0.29) is 0 Å². The van der Waals surface area contributed by atoms with Gasteiger partial charge in [-0.3, -0.25) is 0 Å². The summed E-state index contributed by atoms with van der Waals surface area (Å²) in [6.45, 7) is 1.98. The molecule has 0 saturated carbocycles. The van der Waals surface area contributed by atoms with Crippen molar-refractivity contribution in [1.29, 1.82) is 0 Å². The van der Waals surface area contributed by atoms with E-state index < -0.39 is 0 Å². The van der Waals surface area contributed by atoms with Crippen LogP contribution in [0, 0.1) is 0 Å². The van der Waals surface area contributed by atoms with Gasteiger partial charge in [0.15, 0.2) is 0 Å². The minimum atomic E-state index is 0.356. The van der Waals surface area contributed by atoms with Gasteiger partial charge in [-0.25, -0.2) is 0 Å². The van der Waals surface area contributed by atoms with Gasteiger partial charge in [-0.05, 0) is 44.3 Å². The lowest BCUT2D eigenvalue weighted by Crippen LogP contribution is -2.25. The van der Waals surface area contributed by atoms with Crippen LogP contribution < -0.4 is 5.32 Å². The van der Waals surface area contributed by atoms with Crippen molar-refractivity contribution < 1.29 is 0 Å². The number of hydrogen-bond acceptors (Lipinski definition) is 3. The molecule has 5 heteroatoms. The first-order chi connectivity index (χ1) is 10.1. The van der Waals surface area contributed by atoms with Crippen molar-refractivity contribution in [3.63, 3.8) is 0 Å². The average Bonchev–Trinajstić information content (AvgIpc) is 2.86. The lowest BCUT2D eigenvalue weighted by atomic mass is 10.0. The first-order valence-corrected chi connectivity index (χ1v) is 8.93. The second kappa shape index (κ2) is 8.30. The molecule has 0 amide bonds. The van der Waals surface area contributed by atoms with Crippen LogP contribution in [0.25, 0.3) is 0 Å². The van der Waals surface area contributed by atoms with E-state index in [1.807, 2.05) is 19.2 Å². The van der Waals surface area contributed by atoms with Crippen LogP contribution in [0.1, 0.15) is 22.9 Å². The molecule has 0 fully saturated rings. The molecule has 114 valence electrons. The van der Waals surface area contributed by atoms with Gasteiger partial charge in [0.1, 0.15) is 0 Å². The number of halogens is 2. The Kier molecular flexibility index (Phi) is 6.71. The highest BCUT2D eigenvalue weighted by Crippen LogP contribution is 2.26. The molecule has 0 aliphatic heterocycles. The van der Waals surface area contributed by atoms with Gasteiger partial charge >= 0.3 is 0 Å². The van der Waals surface area contributed by atoms with Crippen LogP contribution in [0.15, 0.2) is 40.9 Å². The second-order valence-corrected chi connectivity index (χ2v) is 7.75. The molecule has 1 N–H and O–H groups in total. The molecule has 1 aromatic carbocycles. The Labute approximate surface area is 144 Å². The van der Waals surface area contributed by atoms with Crippen molar-refractivity contribution in [3.8, 4) is 0 Å². The highest BCUT2D eigenvalue weighted by Gasteiger charge is 2.13. The normalized spacial score (nSPS) is 12.8. The molecule has 2 nitrogen and oxygen atoms in total. The molecule has 1 atom stereocenters. The zero-order valence-electron chi connectivity index (χ0n) is 12.3. The predicted molar refractivity (Wildman–Crippen MR) is 96.2 cm³/mol. The van der Waals surface area contributed by atoms with Crippen molar-refractivity contribution in [3.05, 3.63) is 55.6 Å². The third-order valence-corrected chi connectivity index (χ3v) is 5.42. The summed E-state index contributed by atoms with van der Waals surface area (Å²) in [5, 5.41) is 3.41. The summed E-state index contributed by atoms with van der Waals surface area (Å²) >= 11 is 11.3.